The monoisotopic (exact) mass is 355 g/mol. The number of nitrogens with zero attached hydrogens (tertiary/aromatic N) is 6. The van der Waals surface area contributed by atoms with Crippen LogP contribution in [0.15, 0.2) is 18.6 Å². The van der Waals surface area contributed by atoms with Crippen molar-refractivity contribution in [1.29, 1.82) is 0 Å². The van der Waals surface area contributed by atoms with Gasteiger partial charge in [-0.2, -0.15) is 10.2 Å². The zero-order valence-corrected chi connectivity index (χ0v) is 11.7. The summed E-state index contributed by atoms with van der Waals surface area (Å²) in [5.74, 6) is 1.08. The van der Waals surface area contributed by atoms with E-state index in [0.29, 0.717) is 18.2 Å². The van der Waals surface area contributed by atoms with Gasteiger partial charge in [-0.15, -0.1) is 0 Å². The molecule has 0 saturated carbocycles. The molecule has 0 aromatic carbocycles. The maximum atomic E-state index is 5.89. The molecular formula is C10H10IN7. The number of aryl methyl sites for hydroxylation is 1. The van der Waals surface area contributed by atoms with Gasteiger partial charge in [-0.25, -0.2) is 9.97 Å². The lowest BCUT2D eigenvalue weighted by atomic mass is 10.4. The van der Waals surface area contributed by atoms with Crippen molar-refractivity contribution in [2.24, 2.45) is 7.05 Å². The molecular weight excluding hydrogens is 345 g/mol. The number of rotatable bonds is 2. The Hall–Kier alpha value is -1.71. The van der Waals surface area contributed by atoms with E-state index in [4.69, 9.17) is 5.73 Å². The molecule has 0 aliphatic heterocycles. The maximum absolute atomic E-state index is 5.89. The van der Waals surface area contributed by atoms with Crippen LogP contribution in [0.2, 0.25) is 0 Å². The second-order valence-electron chi connectivity index (χ2n) is 3.89. The van der Waals surface area contributed by atoms with Crippen molar-refractivity contribution in [3.05, 3.63) is 28.0 Å². The number of halogens is 1. The third kappa shape index (κ3) is 1.92. The highest BCUT2D eigenvalue weighted by molar-refractivity contribution is 14.1. The average Bonchev–Trinajstić information content (AvgIpc) is 2.87. The molecule has 0 aliphatic carbocycles. The van der Waals surface area contributed by atoms with Crippen LogP contribution in [0.25, 0.3) is 11.0 Å². The van der Waals surface area contributed by atoms with Gasteiger partial charge in [-0.3, -0.25) is 9.36 Å². The SMILES string of the molecule is Cn1ncc2c(N)nc(Cn3cc(I)cn3)nc21. The summed E-state index contributed by atoms with van der Waals surface area (Å²) in [6, 6.07) is 0. The number of nitrogen functional groups attached to an aromatic ring is 1. The number of anilines is 1. The Balaban J connectivity index is 2.04. The van der Waals surface area contributed by atoms with Gasteiger partial charge in [0, 0.05) is 13.2 Å². The fourth-order valence-electron chi connectivity index (χ4n) is 1.73. The third-order valence-corrected chi connectivity index (χ3v) is 3.13. The minimum Gasteiger partial charge on any atom is -0.383 e. The molecule has 0 amide bonds. The summed E-state index contributed by atoms with van der Waals surface area (Å²) < 4.78 is 4.53. The van der Waals surface area contributed by atoms with E-state index >= 15 is 0 Å². The Morgan fingerprint density at radius 3 is 2.83 bits per heavy atom. The summed E-state index contributed by atoms with van der Waals surface area (Å²) >= 11 is 2.21. The molecule has 3 rings (SSSR count). The van der Waals surface area contributed by atoms with E-state index < -0.39 is 0 Å². The molecule has 0 bridgehead atoms. The van der Waals surface area contributed by atoms with Gasteiger partial charge >= 0.3 is 0 Å². The summed E-state index contributed by atoms with van der Waals surface area (Å²) in [6.07, 6.45) is 5.38. The van der Waals surface area contributed by atoms with Crippen LogP contribution >= 0.6 is 22.6 Å². The fourth-order valence-corrected chi connectivity index (χ4v) is 2.18. The Labute approximate surface area is 116 Å². The highest BCUT2D eigenvalue weighted by Gasteiger charge is 2.09. The highest BCUT2D eigenvalue weighted by atomic mass is 127. The van der Waals surface area contributed by atoms with E-state index in [-0.39, 0.29) is 0 Å². The second-order valence-corrected chi connectivity index (χ2v) is 5.13. The highest BCUT2D eigenvalue weighted by Crippen LogP contribution is 2.16. The van der Waals surface area contributed by atoms with Crippen molar-refractivity contribution in [1.82, 2.24) is 29.5 Å². The average molecular weight is 355 g/mol. The van der Waals surface area contributed by atoms with Gasteiger partial charge < -0.3 is 5.73 Å². The van der Waals surface area contributed by atoms with Crippen molar-refractivity contribution >= 4 is 39.4 Å². The molecule has 0 radical (unpaired) electrons. The van der Waals surface area contributed by atoms with Crippen LogP contribution in [0.3, 0.4) is 0 Å². The molecule has 8 heteroatoms. The summed E-state index contributed by atoms with van der Waals surface area (Å²) in [6.45, 7) is 0.494. The lowest BCUT2D eigenvalue weighted by Gasteiger charge is -2.03. The van der Waals surface area contributed by atoms with Crippen molar-refractivity contribution in [2.75, 3.05) is 5.73 Å². The standard InChI is InChI=1S/C10H10IN7/c1-17-10-7(3-13-17)9(12)15-8(16-10)5-18-4-6(11)2-14-18/h2-4H,5H2,1H3,(H2,12,15,16). The molecule has 0 unspecified atom stereocenters. The lowest BCUT2D eigenvalue weighted by molar-refractivity contribution is 0.655. The number of hydrogen-bond donors (Lipinski definition) is 1. The van der Waals surface area contributed by atoms with E-state index in [0.717, 1.165) is 14.6 Å². The van der Waals surface area contributed by atoms with E-state index in [2.05, 4.69) is 42.8 Å². The van der Waals surface area contributed by atoms with Gasteiger partial charge in [-0.1, -0.05) is 0 Å². The molecule has 3 heterocycles. The number of fused-ring (bicyclic) bond motifs is 1. The van der Waals surface area contributed by atoms with Gasteiger partial charge in [0.05, 0.1) is 21.4 Å². The lowest BCUT2D eigenvalue weighted by Crippen LogP contribution is -2.08. The van der Waals surface area contributed by atoms with Gasteiger partial charge in [0.15, 0.2) is 11.5 Å². The first-order valence-corrected chi connectivity index (χ1v) is 6.33. The Morgan fingerprint density at radius 2 is 2.11 bits per heavy atom. The Bertz CT molecular complexity index is 714. The molecule has 7 nitrogen and oxygen atoms in total. The predicted octanol–water partition coefficient (Wildman–Crippen LogP) is 0.795. The minimum absolute atomic E-state index is 0.449. The van der Waals surface area contributed by atoms with Crippen LogP contribution in [0.4, 0.5) is 5.82 Å². The number of nitrogens with two attached hydrogens (primary N) is 1. The first-order valence-electron chi connectivity index (χ1n) is 5.25. The summed E-state index contributed by atoms with van der Waals surface area (Å²) in [5, 5.41) is 9.09. The van der Waals surface area contributed by atoms with Gasteiger partial charge in [0.2, 0.25) is 0 Å². The molecule has 2 N–H and O–H groups in total. The van der Waals surface area contributed by atoms with Gasteiger partial charge in [-0.05, 0) is 22.6 Å². The molecule has 0 aliphatic rings. The topological polar surface area (TPSA) is 87.4 Å². The van der Waals surface area contributed by atoms with E-state index in [1.54, 1.807) is 21.8 Å². The second kappa shape index (κ2) is 4.19. The zero-order valence-electron chi connectivity index (χ0n) is 9.58. The van der Waals surface area contributed by atoms with Crippen LogP contribution in [-0.2, 0) is 13.6 Å². The van der Waals surface area contributed by atoms with Gasteiger partial charge in [0.1, 0.15) is 12.4 Å². The largest absolute Gasteiger partial charge is 0.383 e. The molecule has 0 saturated heterocycles. The number of hydrogen-bond acceptors (Lipinski definition) is 5. The van der Waals surface area contributed by atoms with Gasteiger partial charge in [0.25, 0.3) is 0 Å². The van der Waals surface area contributed by atoms with Crippen molar-refractivity contribution < 1.29 is 0 Å². The van der Waals surface area contributed by atoms with E-state index in [1.807, 2.05) is 13.2 Å². The van der Waals surface area contributed by atoms with Crippen LogP contribution in [-0.4, -0.2) is 29.5 Å². The summed E-state index contributed by atoms with van der Waals surface area (Å²) in [7, 11) is 1.83. The van der Waals surface area contributed by atoms with Crippen LogP contribution < -0.4 is 5.73 Å². The van der Waals surface area contributed by atoms with Crippen molar-refractivity contribution in [3.8, 4) is 0 Å². The molecule has 3 aromatic heterocycles. The normalized spacial score (nSPS) is 11.2. The minimum atomic E-state index is 0.449. The smallest absolute Gasteiger partial charge is 0.163 e. The van der Waals surface area contributed by atoms with Crippen molar-refractivity contribution in [2.45, 2.75) is 6.54 Å². The zero-order chi connectivity index (χ0) is 12.7. The molecule has 0 atom stereocenters. The summed E-state index contributed by atoms with van der Waals surface area (Å²) in [4.78, 5) is 8.72. The fraction of sp³-hybridized carbons (Fsp3) is 0.200. The van der Waals surface area contributed by atoms with Crippen molar-refractivity contribution in [3.63, 3.8) is 0 Å². The maximum Gasteiger partial charge on any atom is 0.163 e. The molecule has 0 spiro atoms. The van der Waals surface area contributed by atoms with E-state index in [9.17, 15) is 0 Å². The van der Waals surface area contributed by atoms with Crippen LogP contribution in [0, 0.1) is 3.57 Å². The summed E-state index contributed by atoms with van der Waals surface area (Å²) in [5.41, 5.74) is 6.63. The molecule has 92 valence electrons. The molecule has 0 fully saturated rings. The van der Waals surface area contributed by atoms with E-state index in [1.165, 1.54) is 0 Å². The predicted molar refractivity (Wildman–Crippen MR) is 74.8 cm³/mol. The first-order chi connectivity index (χ1) is 8.63. The van der Waals surface area contributed by atoms with Crippen LogP contribution in [0.5, 0.6) is 0 Å². The Kier molecular flexibility index (Phi) is 2.65. The molecule has 3 aromatic rings. The Morgan fingerprint density at radius 1 is 1.28 bits per heavy atom. The third-order valence-electron chi connectivity index (χ3n) is 2.57. The quantitative estimate of drug-likeness (QED) is 0.687. The first kappa shape index (κ1) is 11.4. The molecule has 18 heavy (non-hydrogen) atoms. The number of aromatic nitrogens is 6. The van der Waals surface area contributed by atoms with Crippen LogP contribution in [0.1, 0.15) is 5.82 Å².